The van der Waals surface area contributed by atoms with E-state index in [0.29, 0.717) is 35.5 Å². The van der Waals surface area contributed by atoms with Gasteiger partial charge in [0.05, 0.1) is 19.2 Å². The van der Waals surface area contributed by atoms with Gasteiger partial charge in [0.25, 0.3) is 0 Å². The summed E-state index contributed by atoms with van der Waals surface area (Å²) in [6.07, 6.45) is 8.44. The average Bonchev–Trinajstić information content (AvgIpc) is 3.57. The number of likely N-dealkylation sites (tertiary alicyclic amines) is 2. The molecule has 1 saturated carbocycles. The van der Waals surface area contributed by atoms with Gasteiger partial charge in [0, 0.05) is 43.2 Å². The van der Waals surface area contributed by atoms with Crippen LogP contribution in [-0.2, 0) is 0 Å². The molecule has 3 heterocycles. The lowest BCUT2D eigenvalue weighted by Crippen LogP contribution is -2.40. The predicted octanol–water partition coefficient (Wildman–Crippen LogP) is 3.41. The molecule has 3 fully saturated rings. The van der Waals surface area contributed by atoms with Gasteiger partial charge in [-0.05, 0) is 64.1 Å². The molecule has 2 saturated heterocycles. The van der Waals surface area contributed by atoms with Crippen molar-refractivity contribution in [3.05, 3.63) is 18.0 Å². The van der Waals surface area contributed by atoms with Gasteiger partial charge in [-0.25, -0.2) is 9.97 Å². The topological polar surface area (TPSA) is 86.5 Å². The van der Waals surface area contributed by atoms with E-state index in [0.717, 1.165) is 50.3 Å². The van der Waals surface area contributed by atoms with Crippen LogP contribution < -0.4 is 14.8 Å². The smallest absolute Gasteiger partial charge is 0.234 e. The molecule has 3 aliphatic rings. The van der Waals surface area contributed by atoms with Gasteiger partial charge in [-0.1, -0.05) is 0 Å². The van der Waals surface area contributed by atoms with Crippen molar-refractivity contribution in [1.29, 1.82) is 5.26 Å². The molecule has 0 atom stereocenters. The Balaban J connectivity index is 1.30. The normalized spacial score (nSPS) is 20.1. The highest BCUT2D eigenvalue weighted by molar-refractivity contribution is 5.92. The number of piperidine rings is 1. The number of fused-ring (bicyclic) bond motifs is 1. The number of aromatic nitrogens is 2. The molecule has 0 radical (unpaired) electrons. The summed E-state index contributed by atoms with van der Waals surface area (Å²) in [6, 6.07) is 7.09. The summed E-state index contributed by atoms with van der Waals surface area (Å²) >= 11 is 0. The van der Waals surface area contributed by atoms with Gasteiger partial charge in [-0.2, -0.15) is 5.26 Å². The van der Waals surface area contributed by atoms with E-state index in [9.17, 15) is 5.26 Å². The Bertz CT molecular complexity index is 1000. The lowest BCUT2D eigenvalue weighted by molar-refractivity contribution is 0.210. The van der Waals surface area contributed by atoms with E-state index >= 15 is 0 Å². The van der Waals surface area contributed by atoms with E-state index in [1.54, 1.807) is 7.11 Å². The maximum atomic E-state index is 9.51. The molecule has 0 bridgehead atoms. The lowest BCUT2D eigenvalue weighted by atomic mass is 10.0. The molecule has 176 valence electrons. The fourth-order valence-corrected chi connectivity index (χ4v) is 5.09. The number of methoxy groups -OCH3 is 1. The summed E-state index contributed by atoms with van der Waals surface area (Å²) in [5.41, 5.74) is 0.704. The quantitative estimate of drug-likeness (QED) is 0.582. The van der Waals surface area contributed by atoms with E-state index in [-0.39, 0.29) is 5.82 Å². The second-order valence-electron chi connectivity index (χ2n) is 9.46. The van der Waals surface area contributed by atoms with Crippen molar-refractivity contribution in [1.82, 2.24) is 19.8 Å². The van der Waals surface area contributed by atoms with Crippen LogP contribution in [0.4, 0.5) is 5.82 Å². The Hall–Kier alpha value is -2.63. The Morgan fingerprint density at radius 1 is 1.06 bits per heavy atom. The second-order valence-corrected chi connectivity index (χ2v) is 9.46. The van der Waals surface area contributed by atoms with E-state index in [4.69, 9.17) is 9.47 Å². The van der Waals surface area contributed by atoms with Crippen molar-refractivity contribution in [2.24, 2.45) is 0 Å². The number of nitrogens with zero attached hydrogens (tertiary/aromatic N) is 5. The molecule has 1 aromatic carbocycles. The molecule has 1 aliphatic carbocycles. The number of nitriles is 1. The Morgan fingerprint density at radius 3 is 2.55 bits per heavy atom. The number of hydrogen-bond acceptors (Lipinski definition) is 8. The maximum Gasteiger partial charge on any atom is 0.234 e. The van der Waals surface area contributed by atoms with Crippen LogP contribution in [0.1, 0.15) is 50.8 Å². The first kappa shape index (κ1) is 22.2. The molecule has 8 nitrogen and oxygen atoms in total. The number of benzene rings is 1. The zero-order valence-electron chi connectivity index (χ0n) is 19.6. The lowest BCUT2D eigenvalue weighted by Gasteiger charge is -2.32. The van der Waals surface area contributed by atoms with Crippen molar-refractivity contribution < 1.29 is 9.47 Å². The fourth-order valence-electron chi connectivity index (χ4n) is 5.09. The van der Waals surface area contributed by atoms with Gasteiger partial charge in [0.15, 0.2) is 11.5 Å². The van der Waals surface area contributed by atoms with Gasteiger partial charge in [0.2, 0.25) is 5.82 Å². The average molecular weight is 451 g/mol. The molecule has 2 aromatic rings. The zero-order chi connectivity index (χ0) is 22.6. The molecular formula is C25H34N6O2. The third-order valence-electron chi connectivity index (χ3n) is 7.09. The van der Waals surface area contributed by atoms with Crippen LogP contribution in [-0.4, -0.2) is 78.3 Å². The number of hydrogen-bond donors (Lipinski definition) is 1. The second kappa shape index (κ2) is 10.1. The standard InChI is InChI=1S/C25H34N6O2/c1-32-22-15-20-21(16-23(22)33-14-4-11-30-9-2-3-10-30)28-24(17-26)29-25(20)27-18-7-12-31(13-8-18)19-5-6-19/h15-16,18-19H,2-14H2,1H3,(H,27,28,29). The molecule has 2 aliphatic heterocycles. The maximum absolute atomic E-state index is 9.51. The monoisotopic (exact) mass is 450 g/mol. The first-order valence-corrected chi connectivity index (χ1v) is 12.4. The summed E-state index contributed by atoms with van der Waals surface area (Å²) in [7, 11) is 1.66. The number of ether oxygens (including phenoxy) is 2. The molecule has 1 N–H and O–H groups in total. The van der Waals surface area contributed by atoms with Crippen molar-refractivity contribution in [3.8, 4) is 17.6 Å². The number of anilines is 1. The van der Waals surface area contributed by atoms with Crippen LogP contribution in [0.5, 0.6) is 11.5 Å². The van der Waals surface area contributed by atoms with Gasteiger partial charge in [-0.15, -0.1) is 0 Å². The third-order valence-corrected chi connectivity index (χ3v) is 7.09. The minimum Gasteiger partial charge on any atom is -0.493 e. The van der Waals surface area contributed by atoms with E-state index in [1.807, 2.05) is 12.1 Å². The molecule has 0 spiro atoms. The summed E-state index contributed by atoms with van der Waals surface area (Å²) < 4.78 is 11.7. The van der Waals surface area contributed by atoms with Crippen LogP contribution in [0.15, 0.2) is 12.1 Å². The summed E-state index contributed by atoms with van der Waals surface area (Å²) in [5.74, 6) is 2.21. The van der Waals surface area contributed by atoms with Crippen molar-refractivity contribution in [2.45, 2.75) is 57.0 Å². The molecule has 5 rings (SSSR count). The molecule has 33 heavy (non-hydrogen) atoms. The molecule has 0 amide bonds. The summed E-state index contributed by atoms with van der Waals surface area (Å²) in [5, 5.41) is 14.0. The van der Waals surface area contributed by atoms with Crippen molar-refractivity contribution in [2.75, 3.05) is 51.8 Å². The Labute approximate surface area is 195 Å². The third kappa shape index (κ3) is 5.31. The molecule has 0 unspecified atom stereocenters. The minimum atomic E-state index is 0.172. The number of nitrogens with one attached hydrogen (secondary N) is 1. The first-order valence-electron chi connectivity index (χ1n) is 12.4. The van der Waals surface area contributed by atoms with Crippen molar-refractivity contribution in [3.63, 3.8) is 0 Å². The van der Waals surface area contributed by atoms with Crippen LogP contribution >= 0.6 is 0 Å². The molecular weight excluding hydrogens is 416 g/mol. The van der Waals surface area contributed by atoms with Gasteiger partial charge >= 0.3 is 0 Å². The van der Waals surface area contributed by atoms with E-state index in [2.05, 4.69) is 31.2 Å². The zero-order valence-corrected chi connectivity index (χ0v) is 19.6. The molecule has 1 aromatic heterocycles. The summed E-state index contributed by atoms with van der Waals surface area (Å²) in [6.45, 7) is 6.32. The van der Waals surface area contributed by atoms with Crippen molar-refractivity contribution >= 4 is 16.7 Å². The van der Waals surface area contributed by atoms with Gasteiger partial charge in [-0.3, -0.25) is 0 Å². The number of rotatable bonds is 9. The SMILES string of the molecule is COc1cc2c(NC3CCN(C4CC4)CC3)nc(C#N)nc2cc1OCCCN1CCCC1. The van der Waals surface area contributed by atoms with Gasteiger partial charge in [0.1, 0.15) is 11.9 Å². The summed E-state index contributed by atoms with van der Waals surface area (Å²) in [4.78, 5) is 14.1. The fraction of sp³-hybridized carbons (Fsp3) is 0.640. The Kier molecular flexibility index (Phi) is 6.79. The van der Waals surface area contributed by atoms with Crippen LogP contribution in [0.25, 0.3) is 10.9 Å². The van der Waals surface area contributed by atoms with Gasteiger partial charge < -0.3 is 24.6 Å². The van der Waals surface area contributed by atoms with Crippen LogP contribution in [0, 0.1) is 11.3 Å². The van der Waals surface area contributed by atoms with E-state index in [1.165, 1.54) is 38.8 Å². The Morgan fingerprint density at radius 2 is 1.85 bits per heavy atom. The highest BCUT2D eigenvalue weighted by atomic mass is 16.5. The largest absolute Gasteiger partial charge is 0.493 e. The van der Waals surface area contributed by atoms with Crippen LogP contribution in [0.2, 0.25) is 0 Å². The highest BCUT2D eigenvalue weighted by Gasteiger charge is 2.32. The highest BCUT2D eigenvalue weighted by Crippen LogP contribution is 2.35. The van der Waals surface area contributed by atoms with Crippen LogP contribution in [0.3, 0.4) is 0 Å². The predicted molar refractivity (Wildman–Crippen MR) is 128 cm³/mol. The molecule has 8 heteroatoms. The minimum absolute atomic E-state index is 0.172. The van der Waals surface area contributed by atoms with E-state index < -0.39 is 0 Å². The first-order chi connectivity index (χ1) is 16.2.